The third kappa shape index (κ3) is 4.24. The fourth-order valence-electron chi connectivity index (χ4n) is 3.63. The molecular formula is C21H18F5N3O3. The summed E-state index contributed by atoms with van der Waals surface area (Å²) < 4.78 is 72.2. The molecule has 0 aliphatic heterocycles. The number of aliphatic hydroxyl groups is 1. The number of carbonyl (C=O) groups is 1. The van der Waals surface area contributed by atoms with Gasteiger partial charge in [0.05, 0.1) is 34.3 Å². The van der Waals surface area contributed by atoms with Crippen molar-refractivity contribution in [3.05, 3.63) is 47.8 Å². The van der Waals surface area contributed by atoms with Gasteiger partial charge in [-0.05, 0) is 49.6 Å². The molecule has 2 aromatic carbocycles. The van der Waals surface area contributed by atoms with Crippen LogP contribution in [0.15, 0.2) is 36.4 Å². The second-order valence-corrected chi connectivity index (χ2v) is 7.64. The van der Waals surface area contributed by atoms with E-state index in [-0.39, 0.29) is 34.8 Å². The van der Waals surface area contributed by atoms with Crippen molar-refractivity contribution in [1.29, 1.82) is 0 Å². The van der Waals surface area contributed by atoms with Gasteiger partial charge in [-0.1, -0.05) is 0 Å². The first-order valence-electron chi connectivity index (χ1n) is 9.70. The number of rotatable bonds is 6. The average molecular weight is 455 g/mol. The number of carbonyl (C=O) groups excluding carboxylic acids is 1. The minimum atomic E-state index is -4.63. The molecule has 0 atom stereocenters. The van der Waals surface area contributed by atoms with Crippen molar-refractivity contribution in [3.63, 3.8) is 0 Å². The lowest BCUT2D eigenvalue weighted by molar-refractivity contribution is -0.137. The fraction of sp³-hybridized carbons (Fsp3) is 0.333. The summed E-state index contributed by atoms with van der Waals surface area (Å²) >= 11 is 0. The number of ether oxygens (including phenoxy) is 1. The maximum atomic E-state index is 14.3. The second-order valence-electron chi connectivity index (χ2n) is 7.64. The first kappa shape index (κ1) is 22.0. The molecule has 1 aliphatic carbocycles. The Bertz CT molecular complexity index is 1170. The zero-order chi connectivity index (χ0) is 23.1. The first-order valence-corrected chi connectivity index (χ1v) is 9.70. The molecule has 170 valence electrons. The van der Waals surface area contributed by atoms with Gasteiger partial charge < -0.3 is 9.84 Å². The predicted octanol–water partition coefficient (Wildman–Crippen LogP) is 4.73. The van der Waals surface area contributed by atoms with Crippen LogP contribution in [0.25, 0.3) is 16.7 Å². The Morgan fingerprint density at radius 3 is 2.56 bits per heavy atom. The molecule has 1 aliphatic rings. The second kappa shape index (κ2) is 8.05. The normalized spacial score (nSPS) is 15.4. The van der Waals surface area contributed by atoms with Crippen LogP contribution in [0.4, 0.5) is 27.9 Å². The average Bonchev–Trinajstić information content (AvgIpc) is 3.04. The molecule has 3 aromatic rings. The van der Waals surface area contributed by atoms with Gasteiger partial charge in [-0.3, -0.25) is 14.7 Å². The fourth-order valence-corrected chi connectivity index (χ4v) is 3.63. The molecule has 0 bridgehead atoms. The van der Waals surface area contributed by atoms with Crippen LogP contribution < -0.4 is 10.1 Å². The van der Waals surface area contributed by atoms with Crippen LogP contribution in [0.3, 0.4) is 0 Å². The highest BCUT2D eigenvalue weighted by Gasteiger charge is 2.37. The van der Waals surface area contributed by atoms with E-state index in [0.717, 1.165) is 41.3 Å². The maximum Gasteiger partial charge on any atom is 0.416 e. The van der Waals surface area contributed by atoms with E-state index in [2.05, 4.69) is 15.0 Å². The highest BCUT2D eigenvalue weighted by atomic mass is 19.4. The molecule has 0 saturated heterocycles. The Labute approximate surface area is 178 Å². The van der Waals surface area contributed by atoms with E-state index >= 15 is 0 Å². The number of anilines is 1. The van der Waals surface area contributed by atoms with Crippen molar-refractivity contribution in [2.45, 2.75) is 37.5 Å². The summed E-state index contributed by atoms with van der Waals surface area (Å²) in [4.78, 5) is 16.7. The van der Waals surface area contributed by atoms with E-state index in [1.165, 1.54) is 6.07 Å². The number of nitrogens with one attached hydrogen (secondary N) is 1. The zero-order valence-electron chi connectivity index (χ0n) is 16.5. The van der Waals surface area contributed by atoms with Crippen LogP contribution in [-0.2, 0) is 11.0 Å². The highest BCUT2D eigenvalue weighted by molar-refractivity contribution is 5.93. The molecule has 6 nitrogen and oxygen atoms in total. The Morgan fingerprint density at radius 2 is 1.97 bits per heavy atom. The number of benzene rings is 2. The maximum absolute atomic E-state index is 14.3. The SMILES string of the molecule is O=C(CC1(O)CCC1)Nc1nc2ccc(C(F)(F)F)cc2n1-c1ccc(OCF)c(F)c1. The van der Waals surface area contributed by atoms with Gasteiger partial charge in [0.15, 0.2) is 11.6 Å². The number of nitrogens with zero attached hydrogens (tertiary/aromatic N) is 2. The lowest BCUT2D eigenvalue weighted by Gasteiger charge is -2.35. The van der Waals surface area contributed by atoms with Crippen molar-refractivity contribution >= 4 is 22.9 Å². The monoisotopic (exact) mass is 455 g/mol. The molecule has 0 unspecified atom stereocenters. The van der Waals surface area contributed by atoms with Gasteiger partial charge in [0.2, 0.25) is 18.7 Å². The smallest absolute Gasteiger partial charge is 0.416 e. The summed E-state index contributed by atoms with van der Waals surface area (Å²) in [7, 11) is 0. The molecule has 4 rings (SSSR count). The van der Waals surface area contributed by atoms with Crippen molar-refractivity contribution in [1.82, 2.24) is 9.55 Å². The number of amides is 1. The topological polar surface area (TPSA) is 76.4 Å². The number of hydrogen-bond donors (Lipinski definition) is 2. The molecule has 1 aromatic heterocycles. The van der Waals surface area contributed by atoms with Gasteiger partial charge in [-0.25, -0.2) is 13.8 Å². The lowest BCUT2D eigenvalue weighted by Crippen LogP contribution is -2.40. The minimum absolute atomic E-state index is 0.0314. The number of hydrogen-bond acceptors (Lipinski definition) is 4. The molecule has 2 N–H and O–H groups in total. The standard InChI is InChI=1S/C21H18F5N3O3/c22-11-32-17-5-3-13(9-14(17)23)29-16-8-12(21(24,25)26)2-4-15(16)27-19(29)28-18(30)10-20(31)6-1-7-20/h2-5,8-9,31H,1,6-7,10-11H2,(H,27,28,30). The van der Waals surface area contributed by atoms with Crippen LogP contribution in [0.2, 0.25) is 0 Å². The number of halogens is 5. The lowest BCUT2D eigenvalue weighted by atomic mass is 9.78. The summed E-state index contributed by atoms with van der Waals surface area (Å²) in [5.41, 5.74) is -1.95. The summed E-state index contributed by atoms with van der Waals surface area (Å²) in [6.45, 7) is -1.26. The van der Waals surface area contributed by atoms with E-state index in [0.29, 0.717) is 12.8 Å². The Balaban J connectivity index is 1.80. The summed E-state index contributed by atoms with van der Waals surface area (Å²) in [5, 5.41) is 12.7. The summed E-state index contributed by atoms with van der Waals surface area (Å²) in [5.74, 6) is -2.06. The minimum Gasteiger partial charge on any atom is -0.460 e. The van der Waals surface area contributed by atoms with Gasteiger partial charge in [0.1, 0.15) is 0 Å². The molecule has 1 amide bonds. The van der Waals surface area contributed by atoms with Crippen molar-refractivity contribution < 1.29 is 36.6 Å². The van der Waals surface area contributed by atoms with Gasteiger partial charge >= 0.3 is 6.18 Å². The third-order valence-electron chi connectivity index (χ3n) is 5.39. The Hall–Kier alpha value is -3.21. The van der Waals surface area contributed by atoms with Crippen LogP contribution in [0.5, 0.6) is 5.75 Å². The largest absolute Gasteiger partial charge is 0.460 e. The molecule has 1 saturated carbocycles. The van der Waals surface area contributed by atoms with Gasteiger partial charge in [0, 0.05) is 6.07 Å². The molecule has 11 heteroatoms. The predicted molar refractivity (Wildman–Crippen MR) is 105 cm³/mol. The summed E-state index contributed by atoms with van der Waals surface area (Å²) in [6.07, 6.45) is -3.12. The van der Waals surface area contributed by atoms with Gasteiger partial charge in [-0.15, -0.1) is 0 Å². The van der Waals surface area contributed by atoms with Crippen LogP contribution in [0, 0.1) is 5.82 Å². The molecule has 0 spiro atoms. The molecule has 1 fully saturated rings. The van der Waals surface area contributed by atoms with E-state index in [1.807, 2.05) is 0 Å². The molecule has 0 radical (unpaired) electrons. The molecule has 1 heterocycles. The quantitative estimate of drug-likeness (QED) is 0.527. The van der Waals surface area contributed by atoms with Gasteiger partial charge in [0.25, 0.3) is 0 Å². The number of fused-ring (bicyclic) bond motifs is 1. The third-order valence-corrected chi connectivity index (χ3v) is 5.39. The van der Waals surface area contributed by atoms with Crippen LogP contribution >= 0.6 is 0 Å². The summed E-state index contributed by atoms with van der Waals surface area (Å²) in [6, 6.07) is 6.17. The van der Waals surface area contributed by atoms with Crippen LogP contribution in [-0.4, -0.2) is 33.0 Å². The van der Waals surface area contributed by atoms with Crippen molar-refractivity contribution in [2.24, 2.45) is 0 Å². The first-order chi connectivity index (χ1) is 15.1. The zero-order valence-corrected chi connectivity index (χ0v) is 16.5. The number of aromatic nitrogens is 2. The Morgan fingerprint density at radius 1 is 1.22 bits per heavy atom. The van der Waals surface area contributed by atoms with E-state index in [9.17, 15) is 31.9 Å². The number of imidazole rings is 1. The number of alkyl halides is 4. The van der Waals surface area contributed by atoms with E-state index < -0.39 is 35.9 Å². The van der Waals surface area contributed by atoms with Crippen molar-refractivity contribution in [2.75, 3.05) is 12.2 Å². The van der Waals surface area contributed by atoms with Crippen molar-refractivity contribution in [3.8, 4) is 11.4 Å². The Kier molecular flexibility index (Phi) is 5.53. The van der Waals surface area contributed by atoms with E-state index in [4.69, 9.17) is 0 Å². The van der Waals surface area contributed by atoms with Crippen LogP contribution in [0.1, 0.15) is 31.2 Å². The van der Waals surface area contributed by atoms with Gasteiger partial charge in [-0.2, -0.15) is 13.2 Å². The highest BCUT2D eigenvalue weighted by Crippen LogP contribution is 2.36. The molecular weight excluding hydrogens is 437 g/mol. The molecule has 32 heavy (non-hydrogen) atoms. The van der Waals surface area contributed by atoms with E-state index in [1.54, 1.807) is 0 Å².